The molecule has 0 aliphatic rings. The van der Waals surface area contributed by atoms with Crippen LogP contribution < -0.4 is 10.6 Å². The average Bonchev–Trinajstić information content (AvgIpc) is 2.39. The second-order valence-corrected chi connectivity index (χ2v) is 4.88. The predicted octanol–water partition coefficient (Wildman–Crippen LogP) is 2.21. The zero-order chi connectivity index (χ0) is 13.8. The topological polar surface area (TPSA) is 67.9 Å². The number of aromatic nitrogens is 3. The van der Waals surface area contributed by atoms with Gasteiger partial charge >= 0.3 is 0 Å². The molecule has 5 heteroatoms. The lowest BCUT2D eigenvalue weighted by molar-refractivity contribution is 0.806. The third-order valence-electron chi connectivity index (χ3n) is 2.87. The standard InChI is InChI=1S/C14H19N5/c1-10(2)12-7-13(18-14(15)17-12)19(3)9-11-5-4-6-16-8-11/h4-8,10H,9H2,1-3H3,(H2,15,17,18). The smallest absolute Gasteiger partial charge is 0.222 e. The van der Waals surface area contributed by atoms with E-state index in [0.29, 0.717) is 11.9 Å². The molecule has 5 nitrogen and oxygen atoms in total. The van der Waals surface area contributed by atoms with E-state index in [1.807, 2.05) is 36.3 Å². The molecule has 0 aliphatic heterocycles. The van der Waals surface area contributed by atoms with Crippen LogP contribution in [0.25, 0.3) is 0 Å². The van der Waals surface area contributed by atoms with Gasteiger partial charge in [-0.3, -0.25) is 4.98 Å². The number of pyridine rings is 1. The first-order chi connectivity index (χ1) is 9.06. The first kappa shape index (κ1) is 13.3. The van der Waals surface area contributed by atoms with Gasteiger partial charge in [-0.25, -0.2) is 4.98 Å². The van der Waals surface area contributed by atoms with Gasteiger partial charge in [-0.05, 0) is 17.5 Å². The van der Waals surface area contributed by atoms with E-state index in [-0.39, 0.29) is 0 Å². The van der Waals surface area contributed by atoms with Crippen LogP contribution in [0.5, 0.6) is 0 Å². The maximum atomic E-state index is 5.77. The SMILES string of the molecule is CC(C)c1cc(N(C)Cc2cccnc2)nc(N)n1. The van der Waals surface area contributed by atoms with E-state index >= 15 is 0 Å². The van der Waals surface area contributed by atoms with Crippen LogP contribution in [0.1, 0.15) is 31.0 Å². The highest BCUT2D eigenvalue weighted by molar-refractivity contribution is 5.44. The number of nitrogens with zero attached hydrogens (tertiary/aromatic N) is 4. The van der Waals surface area contributed by atoms with Gasteiger partial charge in [0.05, 0.1) is 5.69 Å². The van der Waals surface area contributed by atoms with E-state index in [4.69, 9.17) is 5.73 Å². The Hall–Kier alpha value is -2.17. The van der Waals surface area contributed by atoms with Crippen LogP contribution >= 0.6 is 0 Å². The summed E-state index contributed by atoms with van der Waals surface area (Å²) in [6.07, 6.45) is 3.62. The third kappa shape index (κ3) is 3.40. The Morgan fingerprint density at radius 3 is 2.74 bits per heavy atom. The van der Waals surface area contributed by atoms with Gasteiger partial charge in [0, 0.05) is 32.1 Å². The summed E-state index contributed by atoms with van der Waals surface area (Å²) in [4.78, 5) is 14.7. The van der Waals surface area contributed by atoms with Gasteiger partial charge in [-0.1, -0.05) is 19.9 Å². The van der Waals surface area contributed by atoms with Crippen molar-refractivity contribution in [2.45, 2.75) is 26.3 Å². The van der Waals surface area contributed by atoms with E-state index < -0.39 is 0 Å². The van der Waals surface area contributed by atoms with Crippen molar-refractivity contribution >= 4 is 11.8 Å². The number of anilines is 2. The first-order valence-corrected chi connectivity index (χ1v) is 6.30. The first-order valence-electron chi connectivity index (χ1n) is 6.30. The molecule has 0 saturated heterocycles. The summed E-state index contributed by atoms with van der Waals surface area (Å²) >= 11 is 0. The molecule has 0 saturated carbocycles. The van der Waals surface area contributed by atoms with Gasteiger partial charge in [0.15, 0.2) is 0 Å². The van der Waals surface area contributed by atoms with Crippen molar-refractivity contribution in [1.82, 2.24) is 15.0 Å². The van der Waals surface area contributed by atoms with E-state index in [1.54, 1.807) is 6.20 Å². The number of nitrogens with two attached hydrogens (primary N) is 1. The molecule has 0 fully saturated rings. The molecule has 0 radical (unpaired) electrons. The molecule has 0 bridgehead atoms. The molecule has 2 rings (SSSR count). The minimum absolute atomic E-state index is 0.319. The molecule has 2 N–H and O–H groups in total. The highest BCUT2D eigenvalue weighted by atomic mass is 15.2. The minimum atomic E-state index is 0.319. The second-order valence-electron chi connectivity index (χ2n) is 4.88. The van der Waals surface area contributed by atoms with E-state index in [2.05, 4.69) is 28.8 Å². The number of hydrogen-bond acceptors (Lipinski definition) is 5. The molecule has 0 amide bonds. The molecule has 0 aliphatic carbocycles. The number of hydrogen-bond donors (Lipinski definition) is 1. The minimum Gasteiger partial charge on any atom is -0.368 e. The van der Waals surface area contributed by atoms with Crippen molar-refractivity contribution in [2.24, 2.45) is 0 Å². The van der Waals surface area contributed by atoms with Crippen LogP contribution in [0.3, 0.4) is 0 Å². The van der Waals surface area contributed by atoms with Crippen molar-refractivity contribution in [3.63, 3.8) is 0 Å². The maximum Gasteiger partial charge on any atom is 0.222 e. The Bertz CT molecular complexity index is 539. The van der Waals surface area contributed by atoms with Crippen molar-refractivity contribution in [3.8, 4) is 0 Å². The summed E-state index contributed by atoms with van der Waals surface area (Å²) in [5, 5.41) is 0. The molecule has 2 aromatic rings. The van der Waals surface area contributed by atoms with Crippen molar-refractivity contribution < 1.29 is 0 Å². The predicted molar refractivity (Wildman–Crippen MR) is 76.9 cm³/mol. The summed E-state index contributed by atoms with van der Waals surface area (Å²) in [7, 11) is 1.98. The summed E-state index contributed by atoms with van der Waals surface area (Å²) in [6, 6.07) is 5.95. The average molecular weight is 257 g/mol. The van der Waals surface area contributed by atoms with Crippen molar-refractivity contribution in [3.05, 3.63) is 41.9 Å². The largest absolute Gasteiger partial charge is 0.368 e. The van der Waals surface area contributed by atoms with Gasteiger partial charge in [-0.2, -0.15) is 4.98 Å². The molecule has 19 heavy (non-hydrogen) atoms. The Morgan fingerprint density at radius 2 is 2.11 bits per heavy atom. The zero-order valence-corrected chi connectivity index (χ0v) is 11.5. The zero-order valence-electron chi connectivity index (χ0n) is 11.5. The van der Waals surface area contributed by atoms with Gasteiger partial charge in [-0.15, -0.1) is 0 Å². The van der Waals surface area contributed by atoms with Crippen LogP contribution in [0, 0.1) is 0 Å². The Kier molecular flexibility index (Phi) is 3.94. The molecule has 0 spiro atoms. The van der Waals surface area contributed by atoms with Crippen molar-refractivity contribution in [2.75, 3.05) is 17.7 Å². The molecule has 0 aromatic carbocycles. The molecule has 100 valence electrons. The third-order valence-corrected chi connectivity index (χ3v) is 2.87. The second kappa shape index (κ2) is 5.65. The Morgan fingerprint density at radius 1 is 1.32 bits per heavy atom. The molecule has 0 atom stereocenters. The molecule has 2 aromatic heterocycles. The Labute approximate surface area is 113 Å². The highest BCUT2D eigenvalue weighted by Crippen LogP contribution is 2.19. The normalized spacial score (nSPS) is 10.7. The van der Waals surface area contributed by atoms with Crippen molar-refractivity contribution in [1.29, 1.82) is 0 Å². The fourth-order valence-corrected chi connectivity index (χ4v) is 1.81. The quantitative estimate of drug-likeness (QED) is 0.909. The van der Waals surface area contributed by atoms with Crippen LogP contribution in [0.2, 0.25) is 0 Å². The summed E-state index contributed by atoms with van der Waals surface area (Å²) < 4.78 is 0. The highest BCUT2D eigenvalue weighted by Gasteiger charge is 2.09. The fourth-order valence-electron chi connectivity index (χ4n) is 1.81. The van der Waals surface area contributed by atoms with E-state index in [1.165, 1.54) is 0 Å². The van der Waals surface area contributed by atoms with E-state index in [0.717, 1.165) is 23.6 Å². The molecular formula is C14H19N5. The number of nitrogen functional groups attached to an aromatic ring is 1. The lowest BCUT2D eigenvalue weighted by Gasteiger charge is -2.19. The van der Waals surface area contributed by atoms with Crippen LogP contribution in [0.15, 0.2) is 30.6 Å². The lowest BCUT2D eigenvalue weighted by atomic mass is 10.1. The molecule has 0 unspecified atom stereocenters. The fraction of sp³-hybridized carbons (Fsp3) is 0.357. The van der Waals surface area contributed by atoms with Crippen LogP contribution in [0.4, 0.5) is 11.8 Å². The van der Waals surface area contributed by atoms with Gasteiger partial charge in [0.25, 0.3) is 0 Å². The van der Waals surface area contributed by atoms with Crippen LogP contribution in [-0.2, 0) is 6.54 Å². The lowest BCUT2D eigenvalue weighted by Crippen LogP contribution is -2.19. The van der Waals surface area contributed by atoms with Gasteiger partial charge < -0.3 is 10.6 Å². The monoisotopic (exact) mass is 257 g/mol. The summed E-state index contributed by atoms with van der Waals surface area (Å²) in [5.41, 5.74) is 7.86. The summed E-state index contributed by atoms with van der Waals surface area (Å²) in [6.45, 7) is 4.92. The van der Waals surface area contributed by atoms with Gasteiger partial charge in [0.1, 0.15) is 5.82 Å². The van der Waals surface area contributed by atoms with E-state index in [9.17, 15) is 0 Å². The number of rotatable bonds is 4. The maximum absolute atomic E-state index is 5.77. The van der Waals surface area contributed by atoms with Crippen LogP contribution in [-0.4, -0.2) is 22.0 Å². The Balaban J connectivity index is 2.21. The molecule has 2 heterocycles. The van der Waals surface area contributed by atoms with Gasteiger partial charge in [0.2, 0.25) is 5.95 Å². The summed E-state index contributed by atoms with van der Waals surface area (Å²) in [5.74, 6) is 1.48. The molecular weight excluding hydrogens is 238 g/mol.